The Bertz CT molecular complexity index is 953. The van der Waals surface area contributed by atoms with Gasteiger partial charge in [0.15, 0.2) is 0 Å². The lowest BCUT2D eigenvalue weighted by atomic mass is 10.1. The number of esters is 1. The molecule has 0 saturated heterocycles. The summed E-state index contributed by atoms with van der Waals surface area (Å²) < 4.78 is 30.6. The monoisotopic (exact) mass is 378 g/mol. The number of hydrogen-bond donors (Lipinski definition) is 0. The highest BCUT2D eigenvalue weighted by Crippen LogP contribution is 2.21. The zero-order valence-corrected chi connectivity index (χ0v) is 15.3. The topological polar surface area (TPSA) is 107 Å². The van der Waals surface area contributed by atoms with E-state index in [0.717, 1.165) is 4.31 Å². The largest absolute Gasteiger partial charge is 0.457 e. The van der Waals surface area contributed by atoms with Crippen molar-refractivity contribution < 1.29 is 22.9 Å². The molecule has 0 spiro atoms. The molecule has 2 aromatic rings. The number of aryl methyl sites for hydroxylation is 1. The summed E-state index contributed by atoms with van der Waals surface area (Å²) in [4.78, 5) is 22.8. The summed E-state index contributed by atoms with van der Waals surface area (Å²) >= 11 is 0. The molecule has 26 heavy (non-hydrogen) atoms. The van der Waals surface area contributed by atoms with Crippen molar-refractivity contribution in [2.45, 2.75) is 18.4 Å². The molecule has 0 aliphatic rings. The number of para-hydroxylation sites is 1. The van der Waals surface area contributed by atoms with Crippen LogP contribution in [0.1, 0.15) is 21.5 Å². The molecule has 0 atom stereocenters. The number of sulfonamides is 1. The van der Waals surface area contributed by atoms with Crippen LogP contribution in [0.4, 0.5) is 5.69 Å². The molecule has 0 N–H and O–H groups in total. The standard InChI is InChI=1S/C17H18N2O6S/c1-12-8-9-14(26(23,24)18(2)3)10-15(12)17(20)25-11-13-6-4-5-7-16(13)19(21)22/h4-10H,11H2,1-3H3. The number of hydrogen-bond acceptors (Lipinski definition) is 6. The molecular weight excluding hydrogens is 360 g/mol. The Morgan fingerprint density at radius 3 is 2.46 bits per heavy atom. The van der Waals surface area contributed by atoms with E-state index in [1.165, 1.54) is 50.5 Å². The fourth-order valence-corrected chi connectivity index (χ4v) is 3.15. The van der Waals surface area contributed by atoms with Crippen LogP contribution in [0.2, 0.25) is 0 Å². The van der Waals surface area contributed by atoms with Crippen molar-refractivity contribution in [1.29, 1.82) is 0 Å². The van der Waals surface area contributed by atoms with Gasteiger partial charge in [-0.3, -0.25) is 10.1 Å². The number of nitro benzene ring substituents is 1. The summed E-state index contributed by atoms with van der Waals surface area (Å²) in [5.74, 6) is -0.753. The summed E-state index contributed by atoms with van der Waals surface area (Å²) in [6.07, 6.45) is 0. The van der Waals surface area contributed by atoms with Gasteiger partial charge < -0.3 is 4.74 Å². The third kappa shape index (κ3) is 4.06. The van der Waals surface area contributed by atoms with E-state index < -0.39 is 20.9 Å². The lowest BCUT2D eigenvalue weighted by Crippen LogP contribution is -2.22. The van der Waals surface area contributed by atoms with E-state index in [1.54, 1.807) is 13.0 Å². The van der Waals surface area contributed by atoms with E-state index in [4.69, 9.17) is 4.74 Å². The highest BCUT2D eigenvalue weighted by molar-refractivity contribution is 7.89. The third-order valence-electron chi connectivity index (χ3n) is 3.75. The Kier molecular flexibility index (Phi) is 5.73. The SMILES string of the molecule is Cc1ccc(S(=O)(=O)N(C)C)cc1C(=O)OCc1ccccc1[N+](=O)[O-]. The van der Waals surface area contributed by atoms with Gasteiger partial charge >= 0.3 is 5.97 Å². The van der Waals surface area contributed by atoms with Gasteiger partial charge in [0.2, 0.25) is 10.0 Å². The molecule has 0 radical (unpaired) electrons. The summed E-state index contributed by atoms with van der Waals surface area (Å²) in [6.45, 7) is 1.35. The molecular formula is C17H18N2O6S. The van der Waals surface area contributed by atoms with E-state index in [9.17, 15) is 23.3 Å². The van der Waals surface area contributed by atoms with Crippen molar-refractivity contribution in [3.05, 3.63) is 69.3 Å². The van der Waals surface area contributed by atoms with Crippen molar-refractivity contribution in [3.8, 4) is 0 Å². The number of nitro groups is 1. The Morgan fingerprint density at radius 1 is 1.19 bits per heavy atom. The Balaban J connectivity index is 2.27. The van der Waals surface area contributed by atoms with Crippen LogP contribution in [0.5, 0.6) is 0 Å². The molecule has 0 unspecified atom stereocenters. The predicted molar refractivity (Wildman–Crippen MR) is 94.3 cm³/mol. The van der Waals surface area contributed by atoms with Gasteiger partial charge in [0.05, 0.1) is 20.9 Å². The molecule has 0 saturated carbocycles. The van der Waals surface area contributed by atoms with Crippen molar-refractivity contribution in [3.63, 3.8) is 0 Å². The van der Waals surface area contributed by atoms with Crippen molar-refractivity contribution >= 4 is 21.7 Å². The Labute approximate surface area is 151 Å². The summed E-state index contributed by atoms with van der Waals surface area (Å²) in [7, 11) is -0.917. The summed E-state index contributed by atoms with van der Waals surface area (Å²) in [5.41, 5.74) is 0.725. The number of benzene rings is 2. The molecule has 0 aliphatic carbocycles. The molecule has 0 amide bonds. The number of carbonyl (C=O) groups excluding carboxylic acids is 1. The van der Waals surface area contributed by atoms with Gasteiger partial charge in [-0.15, -0.1) is 0 Å². The molecule has 0 aliphatic heterocycles. The summed E-state index contributed by atoms with van der Waals surface area (Å²) in [6, 6.07) is 10.1. The zero-order valence-electron chi connectivity index (χ0n) is 14.5. The molecule has 0 aromatic heterocycles. The van der Waals surface area contributed by atoms with Gasteiger partial charge in [-0.05, 0) is 30.7 Å². The van der Waals surface area contributed by atoms with Crippen LogP contribution in [0.15, 0.2) is 47.4 Å². The maximum Gasteiger partial charge on any atom is 0.338 e. The highest BCUT2D eigenvalue weighted by Gasteiger charge is 2.21. The van der Waals surface area contributed by atoms with Gasteiger partial charge in [-0.1, -0.05) is 18.2 Å². The fourth-order valence-electron chi connectivity index (χ4n) is 2.22. The number of carbonyl (C=O) groups is 1. The molecule has 138 valence electrons. The van der Waals surface area contributed by atoms with Crippen LogP contribution >= 0.6 is 0 Å². The quantitative estimate of drug-likeness (QED) is 0.434. The molecule has 0 bridgehead atoms. The number of rotatable bonds is 6. The average Bonchev–Trinajstić information content (AvgIpc) is 2.59. The van der Waals surface area contributed by atoms with E-state index >= 15 is 0 Å². The Morgan fingerprint density at radius 2 is 1.85 bits per heavy atom. The van der Waals surface area contributed by atoms with Gasteiger partial charge in [-0.25, -0.2) is 17.5 Å². The molecule has 9 heteroatoms. The van der Waals surface area contributed by atoms with Crippen LogP contribution < -0.4 is 0 Å². The van der Waals surface area contributed by atoms with Gasteiger partial charge in [0.25, 0.3) is 5.69 Å². The second-order valence-corrected chi connectivity index (χ2v) is 7.88. The van der Waals surface area contributed by atoms with Crippen molar-refractivity contribution in [1.82, 2.24) is 4.31 Å². The smallest absolute Gasteiger partial charge is 0.338 e. The number of nitrogens with zero attached hydrogens (tertiary/aromatic N) is 2. The summed E-state index contributed by atoms with van der Waals surface area (Å²) in [5, 5.41) is 11.0. The van der Waals surface area contributed by atoms with E-state index in [1.807, 2.05) is 0 Å². The minimum absolute atomic E-state index is 0.0364. The maximum atomic E-state index is 12.4. The molecule has 0 fully saturated rings. The molecule has 8 nitrogen and oxygen atoms in total. The first-order chi connectivity index (χ1) is 12.1. The minimum atomic E-state index is -3.70. The second-order valence-electron chi connectivity index (χ2n) is 5.73. The second kappa shape index (κ2) is 7.63. The van der Waals surface area contributed by atoms with Crippen LogP contribution in [-0.2, 0) is 21.4 Å². The lowest BCUT2D eigenvalue weighted by molar-refractivity contribution is -0.385. The van der Waals surface area contributed by atoms with Gasteiger partial charge in [-0.2, -0.15) is 0 Å². The predicted octanol–water partition coefficient (Wildman–Crippen LogP) is 2.51. The molecule has 2 aromatic carbocycles. The first-order valence-electron chi connectivity index (χ1n) is 7.57. The van der Waals surface area contributed by atoms with Crippen molar-refractivity contribution in [2.75, 3.05) is 14.1 Å². The van der Waals surface area contributed by atoms with E-state index in [0.29, 0.717) is 5.56 Å². The third-order valence-corrected chi connectivity index (χ3v) is 5.57. The van der Waals surface area contributed by atoms with Crippen LogP contribution in [0.3, 0.4) is 0 Å². The average molecular weight is 378 g/mol. The number of ether oxygens (including phenoxy) is 1. The van der Waals surface area contributed by atoms with Gasteiger partial charge in [0.1, 0.15) is 6.61 Å². The Hall–Kier alpha value is -2.78. The first-order valence-corrected chi connectivity index (χ1v) is 9.01. The van der Waals surface area contributed by atoms with Crippen LogP contribution in [-0.4, -0.2) is 37.7 Å². The van der Waals surface area contributed by atoms with Gasteiger partial charge in [0, 0.05) is 20.2 Å². The normalized spacial score (nSPS) is 11.4. The zero-order chi connectivity index (χ0) is 19.5. The maximum absolute atomic E-state index is 12.4. The van der Waals surface area contributed by atoms with Crippen LogP contribution in [0.25, 0.3) is 0 Å². The fraction of sp³-hybridized carbons (Fsp3) is 0.235. The van der Waals surface area contributed by atoms with Crippen molar-refractivity contribution in [2.24, 2.45) is 0 Å². The molecule has 0 heterocycles. The van der Waals surface area contributed by atoms with Crippen LogP contribution in [0, 0.1) is 17.0 Å². The first kappa shape index (κ1) is 19.5. The van der Waals surface area contributed by atoms with E-state index in [2.05, 4.69) is 0 Å². The molecule has 2 rings (SSSR count). The minimum Gasteiger partial charge on any atom is -0.457 e. The highest BCUT2D eigenvalue weighted by atomic mass is 32.2. The van der Waals surface area contributed by atoms with E-state index in [-0.39, 0.29) is 28.3 Å². The lowest BCUT2D eigenvalue weighted by Gasteiger charge is -2.13.